The molecule has 1 unspecified atom stereocenters. The highest BCUT2D eigenvalue weighted by Gasteiger charge is 2.60. The van der Waals surface area contributed by atoms with Gasteiger partial charge in [0.1, 0.15) is 18.6 Å². The molecule has 18 heteroatoms. The van der Waals surface area contributed by atoms with Crippen molar-refractivity contribution in [2.24, 2.45) is 23.5 Å². The van der Waals surface area contributed by atoms with Gasteiger partial charge in [0.15, 0.2) is 0 Å². The fraction of sp³-hybridized carbons (Fsp3) is 0.704. The molecule has 7 N–H and O–H groups in total. The number of aliphatic carboxylic acids is 1. The fourth-order valence-corrected chi connectivity index (χ4v) is 8.15. The molecule has 0 radical (unpaired) electrons. The van der Waals surface area contributed by atoms with Crippen LogP contribution < -0.4 is 21.7 Å². The van der Waals surface area contributed by atoms with Gasteiger partial charge in [-0.15, -0.1) is 16.9 Å². The number of thioether (sulfide) groups is 1. The van der Waals surface area contributed by atoms with Crippen LogP contribution in [0, 0.1) is 17.8 Å². The van der Waals surface area contributed by atoms with Crippen molar-refractivity contribution in [2.45, 2.75) is 69.1 Å². The summed E-state index contributed by atoms with van der Waals surface area (Å²) in [4.78, 5) is 67.5. The van der Waals surface area contributed by atoms with E-state index in [0.29, 0.717) is 43.8 Å². The number of nitrogens with two attached hydrogens (primary N) is 1. The number of piperidine rings is 1. The third-order valence-electron chi connectivity index (χ3n) is 9.06. The van der Waals surface area contributed by atoms with E-state index in [1.807, 2.05) is 6.92 Å². The summed E-state index contributed by atoms with van der Waals surface area (Å²) in [5.41, 5.74) is 5.36. The lowest BCUT2D eigenvalue weighted by Gasteiger charge is -2.47. The molecule has 4 aliphatic heterocycles. The summed E-state index contributed by atoms with van der Waals surface area (Å²) in [6.07, 6.45) is 2.07. The Morgan fingerprint density at radius 1 is 1.24 bits per heavy atom. The standard InChI is InChI=1S/C27H40N10O7S/c1-13-21-20(14(2)32-19(39)11-36-12-31-33-34-36)26(42)37(21)22(27(43)44)23(13)45-17-7-18(29-10-17)25(41)35-5-3-15(4-6-35)24(40)30-9-16(38)8-28/h12-18,20-21,29,38H,3-11,28H2,1-2H3,(H,30,40)(H,32,39)(H,43,44)/t13-,14-,16?,17+,18+,20-,21-/m1/s1. The quantitative estimate of drug-likeness (QED) is 0.125. The first kappa shape index (κ1) is 32.8. The summed E-state index contributed by atoms with van der Waals surface area (Å²) in [5, 5.41) is 39.1. The van der Waals surface area contributed by atoms with Gasteiger partial charge in [0.25, 0.3) is 0 Å². The van der Waals surface area contributed by atoms with Crippen LogP contribution in [0.1, 0.15) is 33.1 Å². The first-order valence-corrected chi connectivity index (χ1v) is 16.0. The largest absolute Gasteiger partial charge is 0.477 e. The lowest BCUT2D eigenvalue weighted by molar-refractivity contribution is -0.158. The Kier molecular flexibility index (Phi) is 10.0. The van der Waals surface area contributed by atoms with E-state index in [0.717, 1.165) is 0 Å². The lowest BCUT2D eigenvalue weighted by atomic mass is 9.78. The van der Waals surface area contributed by atoms with E-state index in [4.69, 9.17) is 5.73 Å². The predicted molar refractivity (Wildman–Crippen MR) is 159 cm³/mol. The minimum atomic E-state index is -1.18. The molecule has 4 amide bonds. The molecule has 7 atom stereocenters. The number of aliphatic hydroxyl groups is 1. The number of tetrazole rings is 1. The highest BCUT2D eigenvalue weighted by Crippen LogP contribution is 2.51. The Labute approximate surface area is 263 Å². The van der Waals surface area contributed by atoms with Crippen LogP contribution in [-0.4, -0.2) is 132 Å². The summed E-state index contributed by atoms with van der Waals surface area (Å²) < 4.78 is 1.26. The van der Waals surface area contributed by atoms with Crippen molar-refractivity contribution in [3.63, 3.8) is 0 Å². The molecule has 0 bridgehead atoms. The molecule has 1 aromatic rings. The zero-order valence-electron chi connectivity index (χ0n) is 25.2. The average Bonchev–Trinajstić information content (AvgIpc) is 3.75. The van der Waals surface area contributed by atoms with E-state index in [9.17, 15) is 34.2 Å². The second-order valence-electron chi connectivity index (χ2n) is 12.1. The minimum absolute atomic E-state index is 0.0277. The number of rotatable bonds is 12. The maximum Gasteiger partial charge on any atom is 0.353 e. The summed E-state index contributed by atoms with van der Waals surface area (Å²) in [7, 11) is 0. The van der Waals surface area contributed by atoms with E-state index >= 15 is 0 Å². The van der Waals surface area contributed by atoms with Crippen molar-refractivity contribution in [3.05, 3.63) is 16.9 Å². The highest BCUT2D eigenvalue weighted by molar-refractivity contribution is 8.03. The normalized spacial score (nSPS) is 28.0. The third kappa shape index (κ3) is 6.83. The molecule has 0 aromatic carbocycles. The summed E-state index contributed by atoms with van der Waals surface area (Å²) in [5.74, 6) is -3.18. The molecule has 5 rings (SSSR count). The summed E-state index contributed by atoms with van der Waals surface area (Å²) in [6, 6.07) is -1.37. The van der Waals surface area contributed by atoms with E-state index < -0.39 is 36.1 Å². The number of carbonyl (C=O) groups excluding carboxylic acids is 4. The van der Waals surface area contributed by atoms with Crippen LogP contribution >= 0.6 is 11.8 Å². The number of likely N-dealkylation sites (tertiary alicyclic amines) is 1. The second-order valence-corrected chi connectivity index (χ2v) is 13.4. The number of fused-ring (bicyclic) bond motifs is 1. The van der Waals surface area contributed by atoms with Gasteiger partial charge in [-0.25, -0.2) is 9.48 Å². The van der Waals surface area contributed by atoms with Gasteiger partial charge < -0.3 is 41.7 Å². The van der Waals surface area contributed by atoms with Gasteiger partial charge in [-0.3, -0.25) is 19.2 Å². The van der Waals surface area contributed by atoms with Crippen LogP contribution in [0.3, 0.4) is 0 Å². The van der Waals surface area contributed by atoms with Gasteiger partial charge in [-0.05, 0) is 36.6 Å². The van der Waals surface area contributed by atoms with Crippen LogP contribution in [0.2, 0.25) is 0 Å². The van der Waals surface area contributed by atoms with Crippen molar-refractivity contribution in [1.29, 1.82) is 0 Å². The first-order valence-electron chi connectivity index (χ1n) is 15.1. The molecule has 45 heavy (non-hydrogen) atoms. The first-order chi connectivity index (χ1) is 21.5. The number of aliphatic hydroxyl groups excluding tert-OH is 1. The zero-order valence-corrected chi connectivity index (χ0v) is 26.0. The number of carboxylic acids is 1. The maximum absolute atomic E-state index is 13.3. The number of β-lactam (4-membered cyclic amide) rings is 1. The maximum atomic E-state index is 13.3. The average molecular weight is 649 g/mol. The highest BCUT2D eigenvalue weighted by atomic mass is 32.2. The summed E-state index contributed by atoms with van der Waals surface area (Å²) in [6.45, 7) is 5.08. The SMILES string of the molecule is C[C@@H](NC(=O)Cn1cnnn1)[C@H]1C(=O)N2C(C(=O)O)=C(S[C@@H]3CN[C@H](C(=O)N4CCC(C(=O)NCC(O)CN)CC4)C3)[C@H](C)[C@H]12. The molecule has 4 aliphatic rings. The Balaban J connectivity index is 1.14. The van der Waals surface area contributed by atoms with Gasteiger partial charge in [0, 0.05) is 60.8 Å². The van der Waals surface area contributed by atoms with E-state index in [1.54, 1.807) is 11.8 Å². The Morgan fingerprint density at radius 2 is 1.98 bits per heavy atom. The fourth-order valence-electron chi connectivity index (χ4n) is 6.68. The molecule has 3 fully saturated rings. The molecular formula is C27H40N10O7S. The second kappa shape index (κ2) is 13.8. The van der Waals surface area contributed by atoms with Crippen LogP contribution in [0.25, 0.3) is 0 Å². The van der Waals surface area contributed by atoms with E-state index in [-0.39, 0.29) is 66.0 Å². The molecule has 246 valence electrons. The Bertz CT molecular complexity index is 1330. The topological polar surface area (TPSA) is 238 Å². The van der Waals surface area contributed by atoms with Crippen molar-refractivity contribution in [2.75, 3.05) is 32.7 Å². The molecule has 17 nitrogen and oxygen atoms in total. The third-order valence-corrected chi connectivity index (χ3v) is 10.6. The number of nitrogens with zero attached hydrogens (tertiary/aromatic N) is 6. The van der Waals surface area contributed by atoms with Crippen molar-refractivity contribution in [1.82, 2.24) is 46.0 Å². The number of amides is 4. The Morgan fingerprint density at radius 3 is 2.62 bits per heavy atom. The van der Waals surface area contributed by atoms with E-state index in [2.05, 4.69) is 31.5 Å². The predicted octanol–water partition coefficient (Wildman–Crippen LogP) is -2.91. The number of aromatic nitrogens is 4. The Hall–Kier alpha value is -3.61. The summed E-state index contributed by atoms with van der Waals surface area (Å²) >= 11 is 1.40. The molecule has 5 heterocycles. The molecule has 3 saturated heterocycles. The van der Waals surface area contributed by atoms with Crippen molar-refractivity contribution >= 4 is 41.4 Å². The van der Waals surface area contributed by atoms with Gasteiger partial charge in [-0.1, -0.05) is 6.92 Å². The number of carboxylic acid groups (broad SMARTS) is 1. The molecule has 0 aliphatic carbocycles. The van der Waals surface area contributed by atoms with Gasteiger partial charge in [0.05, 0.1) is 24.1 Å². The monoisotopic (exact) mass is 648 g/mol. The number of hydrogen-bond acceptors (Lipinski definition) is 12. The van der Waals surface area contributed by atoms with Crippen molar-refractivity contribution in [3.8, 4) is 0 Å². The molecule has 1 aromatic heterocycles. The van der Waals surface area contributed by atoms with E-state index in [1.165, 1.54) is 27.7 Å². The van der Waals surface area contributed by atoms with Crippen molar-refractivity contribution < 1.29 is 34.2 Å². The zero-order chi connectivity index (χ0) is 32.4. The van der Waals surface area contributed by atoms with Gasteiger partial charge in [0.2, 0.25) is 23.6 Å². The number of nitrogens with one attached hydrogen (secondary N) is 3. The molecular weight excluding hydrogens is 608 g/mol. The van der Waals surface area contributed by atoms with Crippen LogP contribution in [0.15, 0.2) is 16.9 Å². The van der Waals surface area contributed by atoms with Crippen LogP contribution in [0.4, 0.5) is 0 Å². The van der Waals surface area contributed by atoms with Crippen LogP contribution in [0.5, 0.6) is 0 Å². The molecule has 0 saturated carbocycles. The van der Waals surface area contributed by atoms with Gasteiger partial charge >= 0.3 is 5.97 Å². The lowest BCUT2D eigenvalue weighted by Crippen LogP contribution is -2.66. The minimum Gasteiger partial charge on any atom is -0.477 e. The van der Waals surface area contributed by atoms with Crippen LogP contribution in [-0.2, 0) is 30.5 Å². The number of hydrogen-bond donors (Lipinski definition) is 6. The smallest absolute Gasteiger partial charge is 0.353 e. The van der Waals surface area contributed by atoms with Gasteiger partial charge in [-0.2, -0.15) is 0 Å². The number of carbonyl (C=O) groups is 5. The molecule has 0 spiro atoms.